The maximum Gasteiger partial charge on any atom is 0.118 e. The maximum absolute atomic E-state index is 10.9. The fourth-order valence-electron chi connectivity index (χ4n) is 1.21. The van der Waals surface area contributed by atoms with Crippen molar-refractivity contribution >= 4 is 22.2 Å². The van der Waals surface area contributed by atoms with E-state index in [4.69, 9.17) is 4.74 Å². The van der Waals surface area contributed by atoms with Gasteiger partial charge < -0.3 is 13.8 Å². The summed E-state index contributed by atoms with van der Waals surface area (Å²) in [5.41, 5.74) is 0.429. The highest BCUT2D eigenvalue weighted by Crippen LogP contribution is 2.22. The van der Waals surface area contributed by atoms with Gasteiger partial charge in [-0.2, -0.15) is 0 Å². The SMILES string of the molecule is COc1ccc(C(CS(=O)[O-])S(=O)[O-])cc1. The van der Waals surface area contributed by atoms with Gasteiger partial charge in [0.15, 0.2) is 0 Å². The van der Waals surface area contributed by atoms with Crippen molar-refractivity contribution in [2.24, 2.45) is 0 Å². The average molecular weight is 262 g/mol. The quantitative estimate of drug-likeness (QED) is 0.720. The van der Waals surface area contributed by atoms with Gasteiger partial charge in [0, 0.05) is 5.75 Å². The Labute approximate surface area is 98.4 Å². The summed E-state index contributed by atoms with van der Waals surface area (Å²) >= 11 is -4.87. The second-order valence-corrected chi connectivity index (χ2v) is 5.02. The zero-order valence-corrected chi connectivity index (χ0v) is 10.1. The Bertz CT molecular complexity index is 389. The highest BCUT2D eigenvalue weighted by Gasteiger charge is 2.12. The zero-order chi connectivity index (χ0) is 12.1. The van der Waals surface area contributed by atoms with Crippen molar-refractivity contribution in [3.8, 4) is 5.75 Å². The van der Waals surface area contributed by atoms with Crippen molar-refractivity contribution in [1.29, 1.82) is 0 Å². The van der Waals surface area contributed by atoms with Gasteiger partial charge in [-0.1, -0.05) is 23.2 Å². The van der Waals surface area contributed by atoms with Crippen molar-refractivity contribution in [2.45, 2.75) is 5.25 Å². The van der Waals surface area contributed by atoms with Crippen LogP contribution in [-0.4, -0.2) is 30.4 Å². The molecule has 0 radical (unpaired) electrons. The lowest BCUT2D eigenvalue weighted by Crippen LogP contribution is -2.14. The van der Waals surface area contributed by atoms with Crippen LogP contribution in [0.3, 0.4) is 0 Å². The first-order valence-corrected chi connectivity index (χ1v) is 6.70. The van der Waals surface area contributed by atoms with Gasteiger partial charge in [0.1, 0.15) is 5.75 Å². The Hall–Kier alpha value is -0.760. The smallest absolute Gasteiger partial charge is 0.118 e. The number of methoxy groups -OCH3 is 1. The van der Waals surface area contributed by atoms with Crippen LogP contribution in [0.4, 0.5) is 0 Å². The second-order valence-electron chi connectivity index (χ2n) is 2.99. The summed E-state index contributed by atoms with van der Waals surface area (Å²) in [6.07, 6.45) is 0. The van der Waals surface area contributed by atoms with E-state index in [1.807, 2.05) is 0 Å². The molecule has 5 nitrogen and oxygen atoms in total. The van der Waals surface area contributed by atoms with Gasteiger partial charge in [0.2, 0.25) is 0 Å². The van der Waals surface area contributed by atoms with Crippen molar-refractivity contribution in [2.75, 3.05) is 12.9 Å². The Balaban J connectivity index is 2.92. The lowest BCUT2D eigenvalue weighted by molar-refractivity contribution is 0.414. The Kier molecular flexibility index (Phi) is 5.07. The molecule has 0 fully saturated rings. The van der Waals surface area contributed by atoms with Crippen LogP contribution in [0.5, 0.6) is 5.75 Å². The van der Waals surface area contributed by atoms with E-state index in [1.54, 1.807) is 12.1 Å². The van der Waals surface area contributed by atoms with Gasteiger partial charge in [0.05, 0.1) is 12.4 Å². The lowest BCUT2D eigenvalue weighted by atomic mass is 10.1. The molecule has 0 amide bonds. The molecule has 1 aromatic rings. The fraction of sp³-hybridized carbons (Fsp3) is 0.333. The minimum atomic E-state index is -2.47. The summed E-state index contributed by atoms with van der Waals surface area (Å²) in [6.45, 7) is 0. The average Bonchev–Trinajstić information content (AvgIpc) is 2.25. The third-order valence-corrected chi connectivity index (χ3v) is 3.73. The first-order chi connectivity index (χ1) is 7.54. The standard InChI is InChI=1S/C9H12O5S2/c1-14-8-4-2-7(3-5-8)9(16(12)13)6-15(10)11/h2-5,9H,6H2,1H3,(H,10,11)(H,12,13)/p-2. The molecule has 0 aromatic heterocycles. The minimum absolute atomic E-state index is 0.429. The monoisotopic (exact) mass is 262 g/mol. The Morgan fingerprint density at radius 2 is 1.81 bits per heavy atom. The molecule has 3 unspecified atom stereocenters. The highest BCUT2D eigenvalue weighted by atomic mass is 32.2. The lowest BCUT2D eigenvalue weighted by Gasteiger charge is -2.21. The predicted octanol–water partition coefficient (Wildman–Crippen LogP) is 0.495. The molecule has 0 heterocycles. The number of hydrogen-bond donors (Lipinski definition) is 0. The van der Waals surface area contributed by atoms with E-state index < -0.39 is 33.2 Å². The molecule has 0 bridgehead atoms. The summed E-state index contributed by atoms with van der Waals surface area (Å²) < 4.78 is 47.7. The van der Waals surface area contributed by atoms with Crippen molar-refractivity contribution < 1.29 is 22.3 Å². The van der Waals surface area contributed by atoms with Gasteiger partial charge in [-0.15, -0.1) is 0 Å². The van der Waals surface area contributed by atoms with Gasteiger partial charge >= 0.3 is 0 Å². The molecule has 0 spiro atoms. The van der Waals surface area contributed by atoms with Crippen LogP contribution in [0, 0.1) is 0 Å². The van der Waals surface area contributed by atoms with E-state index in [-0.39, 0.29) is 0 Å². The largest absolute Gasteiger partial charge is 0.772 e. The molecule has 0 saturated carbocycles. The molecule has 1 rings (SSSR count). The first kappa shape index (κ1) is 13.3. The third-order valence-electron chi connectivity index (χ3n) is 2.01. The van der Waals surface area contributed by atoms with Crippen molar-refractivity contribution in [1.82, 2.24) is 0 Å². The number of rotatable bonds is 5. The van der Waals surface area contributed by atoms with Crippen molar-refractivity contribution in [3.05, 3.63) is 29.8 Å². The topological polar surface area (TPSA) is 89.5 Å². The molecular weight excluding hydrogens is 252 g/mol. The van der Waals surface area contributed by atoms with Crippen LogP contribution in [0.25, 0.3) is 0 Å². The maximum atomic E-state index is 10.9. The molecular formula is C9H10O5S2-2. The predicted molar refractivity (Wildman–Crippen MR) is 58.4 cm³/mol. The zero-order valence-electron chi connectivity index (χ0n) is 8.45. The van der Waals surface area contributed by atoms with Crippen LogP contribution in [0.2, 0.25) is 0 Å². The molecule has 16 heavy (non-hydrogen) atoms. The van der Waals surface area contributed by atoms with Crippen LogP contribution in [-0.2, 0) is 22.2 Å². The molecule has 0 aliphatic carbocycles. The third kappa shape index (κ3) is 3.67. The highest BCUT2D eigenvalue weighted by molar-refractivity contribution is 7.83. The molecule has 1 aromatic carbocycles. The fourth-order valence-corrected chi connectivity index (χ4v) is 2.80. The molecule has 0 N–H and O–H groups in total. The van der Waals surface area contributed by atoms with Gasteiger partial charge in [-0.3, -0.25) is 8.42 Å². The van der Waals surface area contributed by atoms with Crippen LogP contribution < -0.4 is 4.74 Å². The van der Waals surface area contributed by atoms with Crippen molar-refractivity contribution in [3.63, 3.8) is 0 Å². The van der Waals surface area contributed by atoms with Gasteiger partial charge in [-0.05, 0) is 28.8 Å². The number of benzene rings is 1. The molecule has 0 saturated heterocycles. The first-order valence-electron chi connectivity index (χ1n) is 4.32. The van der Waals surface area contributed by atoms with Gasteiger partial charge in [-0.25, -0.2) is 0 Å². The summed E-state index contributed by atoms with van der Waals surface area (Å²) in [6, 6.07) is 6.24. The van der Waals surface area contributed by atoms with E-state index in [2.05, 4.69) is 0 Å². The summed E-state index contributed by atoms with van der Waals surface area (Å²) in [5.74, 6) is 0.144. The molecule has 0 aliphatic rings. The van der Waals surface area contributed by atoms with Crippen LogP contribution in [0.15, 0.2) is 24.3 Å². The van der Waals surface area contributed by atoms with E-state index >= 15 is 0 Å². The molecule has 7 heteroatoms. The molecule has 90 valence electrons. The van der Waals surface area contributed by atoms with E-state index in [0.29, 0.717) is 11.3 Å². The van der Waals surface area contributed by atoms with E-state index in [0.717, 1.165) is 0 Å². The summed E-state index contributed by atoms with van der Waals surface area (Å²) in [4.78, 5) is 0. The Morgan fingerprint density at radius 1 is 1.25 bits per heavy atom. The molecule has 0 aliphatic heterocycles. The van der Waals surface area contributed by atoms with Gasteiger partial charge in [0.25, 0.3) is 0 Å². The number of ether oxygens (including phenoxy) is 1. The van der Waals surface area contributed by atoms with Crippen LogP contribution in [0.1, 0.15) is 10.8 Å². The summed E-state index contributed by atoms with van der Waals surface area (Å²) in [7, 11) is 1.49. The second kappa shape index (κ2) is 6.09. The Morgan fingerprint density at radius 3 is 2.19 bits per heavy atom. The summed E-state index contributed by atoms with van der Waals surface area (Å²) in [5, 5.41) is -1.04. The van der Waals surface area contributed by atoms with E-state index in [1.165, 1.54) is 19.2 Å². The number of hydrogen-bond acceptors (Lipinski definition) is 5. The molecule has 3 atom stereocenters. The minimum Gasteiger partial charge on any atom is -0.772 e. The van der Waals surface area contributed by atoms with Crippen LogP contribution >= 0.6 is 0 Å². The van der Waals surface area contributed by atoms with E-state index in [9.17, 15) is 17.5 Å². The normalized spacial score (nSPS) is 16.4.